The van der Waals surface area contributed by atoms with Crippen molar-refractivity contribution in [2.75, 3.05) is 14.2 Å². The molecule has 0 spiro atoms. The van der Waals surface area contributed by atoms with E-state index >= 15 is 0 Å². The van der Waals surface area contributed by atoms with Crippen LogP contribution in [0.1, 0.15) is 26.7 Å². The van der Waals surface area contributed by atoms with Gasteiger partial charge in [-0.25, -0.2) is 0 Å². The molecule has 0 aliphatic heterocycles. The monoisotopic (exact) mass is 228 g/mol. The average molecular weight is 228 g/mol. The van der Waals surface area contributed by atoms with Crippen LogP contribution >= 0.6 is 0 Å². The predicted octanol–water partition coefficient (Wildman–Crippen LogP) is 1.63. The summed E-state index contributed by atoms with van der Waals surface area (Å²) >= 11 is 0. The number of ether oxygens (including phenoxy) is 2. The highest BCUT2D eigenvalue weighted by Gasteiger charge is 2.41. The second-order valence-electron chi connectivity index (χ2n) is 4.55. The van der Waals surface area contributed by atoms with Gasteiger partial charge in [-0.2, -0.15) is 0 Å². The van der Waals surface area contributed by atoms with E-state index in [1.807, 2.05) is 13.8 Å². The fourth-order valence-electron chi connectivity index (χ4n) is 2.59. The minimum Gasteiger partial charge on any atom is -0.469 e. The van der Waals surface area contributed by atoms with Gasteiger partial charge in [0.15, 0.2) is 0 Å². The molecule has 0 bridgehead atoms. The Hall–Kier alpha value is -1.06. The van der Waals surface area contributed by atoms with Crippen LogP contribution in [-0.4, -0.2) is 26.2 Å². The average Bonchev–Trinajstić information content (AvgIpc) is 2.30. The van der Waals surface area contributed by atoms with Crippen LogP contribution in [0, 0.1) is 23.7 Å². The Bertz CT molecular complexity index is 246. The molecule has 4 heteroatoms. The van der Waals surface area contributed by atoms with Crippen molar-refractivity contribution in [3.05, 3.63) is 0 Å². The standard InChI is InChI=1S/C12H20O4/c1-7-8(2)10(12(14)16-4)6-5-9(7)11(13)15-3/h7-10H,5-6H2,1-4H3/t7-,8+,9+,10-. The lowest BCUT2D eigenvalue weighted by Crippen LogP contribution is -2.39. The lowest BCUT2D eigenvalue weighted by molar-refractivity contribution is -0.157. The van der Waals surface area contributed by atoms with Crippen molar-refractivity contribution in [1.29, 1.82) is 0 Å². The molecule has 0 amide bonds. The number of carbonyl (C=O) groups is 2. The van der Waals surface area contributed by atoms with E-state index in [0.717, 1.165) is 0 Å². The first-order valence-corrected chi connectivity index (χ1v) is 5.68. The Morgan fingerprint density at radius 1 is 0.875 bits per heavy atom. The fourth-order valence-corrected chi connectivity index (χ4v) is 2.59. The van der Waals surface area contributed by atoms with E-state index in [2.05, 4.69) is 0 Å². The Morgan fingerprint density at radius 2 is 1.19 bits per heavy atom. The van der Waals surface area contributed by atoms with E-state index in [1.54, 1.807) is 0 Å². The van der Waals surface area contributed by atoms with Crippen LogP contribution in [0.25, 0.3) is 0 Å². The largest absolute Gasteiger partial charge is 0.469 e. The molecule has 1 fully saturated rings. The fraction of sp³-hybridized carbons (Fsp3) is 0.833. The van der Waals surface area contributed by atoms with Gasteiger partial charge in [-0.1, -0.05) is 13.8 Å². The Kier molecular flexibility index (Phi) is 4.33. The molecule has 16 heavy (non-hydrogen) atoms. The van der Waals surface area contributed by atoms with Gasteiger partial charge in [0.25, 0.3) is 0 Å². The van der Waals surface area contributed by atoms with Gasteiger partial charge in [-0.15, -0.1) is 0 Å². The number of carbonyl (C=O) groups excluding carboxylic acids is 2. The Morgan fingerprint density at radius 3 is 1.44 bits per heavy atom. The van der Waals surface area contributed by atoms with Crippen molar-refractivity contribution in [1.82, 2.24) is 0 Å². The molecule has 0 heterocycles. The molecular formula is C12H20O4. The van der Waals surface area contributed by atoms with Crippen molar-refractivity contribution in [3.8, 4) is 0 Å². The molecular weight excluding hydrogens is 208 g/mol. The summed E-state index contributed by atoms with van der Waals surface area (Å²) in [5, 5.41) is 0. The molecule has 0 aromatic heterocycles. The van der Waals surface area contributed by atoms with Gasteiger partial charge in [0.1, 0.15) is 0 Å². The molecule has 1 saturated carbocycles. The quantitative estimate of drug-likeness (QED) is 0.674. The third kappa shape index (κ3) is 2.36. The van der Waals surface area contributed by atoms with Crippen molar-refractivity contribution in [3.63, 3.8) is 0 Å². The maximum Gasteiger partial charge on any atom is 0.308 e. The summed E-state index contributed by atoms with van der Waals surface area (Å²) in [7, 11) is 2.82. The number of rotatable bonds is 2. The molecule has 0 unspecified atom stereocenters. The Balaban J connectivity index is 2.72. The molecule has 0 saturated heterocycles. The maximum atomic E-state index is 11.5. The normalized spacial score (nSPS) is 34.2. The van der Waals surface area contributed by atoms with Crippen molar-refractivity contribution in [2.24, 2.45) is 23.7 Å². The van der Waals surface area contributed by atoms with E-state index in [1.165, 1.54) is 14.2 Å². The summed E-state index contributed by atoms with van der Waals surface area (Å²) < 4.78 is 9.55. The van der Waals surface area contributed by atoms with E-state index in [9.17, 15) is 9.59 Å². The smallest absolute Gasteiger partial charge is 0.308 e. The van der Waals surface area contributed by atoms with Gasteiger partial charge in [0, 0.05) is 0 Å². The maximum absolute atomic E-state index is 11.5. The van der Waals surface area contributed by atoms with Crippen LogP contribution in [0.4, 0.5) is 0 Å². The van der Waals surface area contributed by atoms with Crippen molar-refractivity contribution < 1.29 is 19.1 Å². The third-order valence-corrected chi connectivity index (χ3v) is 3.90. The molecule has 0 aromatic carbocycles. The zero-order valence-corrected chi connectivity index (χ0v) is 10.4. The van der Waals surface area contributed by atoms with E-state index in [0.29, 0.717) is 12.8 Å². The van der Waals surface area contributed by atoms with Crippen LogP contribution in [0.15, 0.2) is 0 Å². The SMILES string of the molecule is COC(=O)[C@H]1CC[C@@H](C(=O)OC)[C@@H](C)[C@H]1C. The summed E-state index contributed by atoms with van der Waals surface area (Å²) in [5.74, 6) is -0.178. The van der Waals surface area contributed by atoms with Gasteiger partial charge in [0.2, 0.25) is 0 Å². The summed E-state index contributed by atoms with van der Waals surface area (Å²) in [6.45, 7) is 4.00. The molecule has 0 N–H and O–H groups in total. The van der Waals surface area contributed by atoms with Gasteiger partial charge >= 0.3 is 11.9 Å². The highest BCUT2D eigenvalue weighted by Crippen LogP contribution is 2.39. The van der Waals surface area contributed by atoms with Crippen molar-refractivity contribution in [2.45, 2.75) is 26.7 Å². The number of hydrogen-bond donors (Lipinski definition) is 0. The van der Waals surface area contributed by atoms with E-state index in [4.69, 9.17) is 9.47 Å². The van der Waals surface area contributed by atoms with Crippen LogP contribution < -0.4 is 0 Å². The second kappa shape index (κ2) is 5.32. The first-order valence-electron chi connectivity index (χ1n) is 5.68. The first kappa shape index (κ1) is 13.0. The lowest BCUT2D eigenvalue weighted by atomic mass is 9.68. The van der Waals surface area contributed by atoms with Crippen LogP contribution in [0.2, 0.25) is 0 Å². The van der Waals surface area contributed by atoms with Gasteiger partial charge in [0.05, 0.1) is 26.1 Å². The zero-order chi connectivity index (χ0) is 12.3. The van der Waals surface area contributed by atoms with Crippen molar-refractivity contribution >= 4 is 11.9 Å². The predicted molar refractivity (Wildman–Crippen MR) is 58.6 cm³/mol. The first-order chi connectivity index (χ1) is 7.52. The molecule has 0 aromatic rings. The molecule has 92 valence electrons. The minimum atomic E-state index is -0.164. The third-order valence-electron chi connectivity index (χ3n) is 3.90. The number of hydrogen-bond acceptors (Lipinski definition) is 4. The topological polar surface area (TPSA) is 52.6 Å². The summed E-state index contributed by atoms with van der Waals surface area (Å²) in [5.41, 5.74) is 0. The zero-order valence-electron chi connectivity index (χ0n) is 10.4. The van der Waals surface area contributed by atoms with Crippen LogP contribution in [-0.2, 0) is 19.1 Å². The van der Waals surface area contributed by atoms with Gasteiger partial charge < -0.3 is 9.47 Å². The Labute approximate surface area is 96.3 Å². The van der Waals surface area contributed by atoms with Gasteiger partial charge in [-0.05, 0) is 24.7 Å². The molecule has 4 atom stereocenters. The molecule has 1 rings (SSSR count). The number of methoxy groups -OCH3 is 2. The summed E-state index contributed by atoms with van der Waals surface area (Å²) in [6, 6.07) is 0. The van der Waals surface area contributed by atoms with E-state index in [-0.39, 0.29) is 35.6 Å². The van der Waals surface area contributed by atoms with Crippen LogP contribution in [0.5, 0.6) is 0 Å². The van der Waals surface area contributed by atoms with Gasteiger partial charge in [-0.3, -0.25) is 9.59 Å². The molecule has 1 aliphatic carbocycles. The highest BCUT2D eigenvalue weighted by molar-refractivity contribution is 5.75. The summed E-state index contributed by atoms with van der Waals surface area (Å²) in [4.78, 5) is 23.1. The minimum absolute atomic E-state index is 0.0825. The van der Waals surface area contributed by atoms with E-state index < -0.39 is 0 Å². The number of esters is 2. The van der Waals surface area contributed by atoms with Crippen LogP contribution in [0.3, 0.4) is 0 Å². The molecule has 4 nitrogen and oxygen atoms in total. The molecule has 1 aliphatic rings. The summed E-state index contributed by atoms with van der Waals surface area (Å²) in [6.07, 6.45) is 1.41. The lowest BCUT2D eigenvalue weighted by Gasteiger charge is -2.36. The second-order valence-corrected chi connectivity index (χ2v) is 4.55. The highest BCUT2D eigenvalue weighted by atomic mass is 16.5. The molecule has 0 radical (unpaired) electrons.